The van der Waals surface area contributed by atoms with Gasteiger partial charge in [0, 0.05) is 15.2 Å². The van der Waals surface area contributed by atoms with Crippen LogP contribution in [0, 0.1) is 3.57 Å². The second kappa shape index (κ2) is 7.64. The van der Waals surface area contributed by atoms with Gasteiger partial charge in [0.25, 0.3) is 5.91 Å². The number of halogens is 1. The molecule has 7 heteroatoms. The molecule has 0 saturated heterocycles. The number of phenolic OH excluding ortho intramolecular Hbond substituents is 2. The molecule has 0 saturated carbocycles. The number of ether oxygens (including phenoxy) is 1. The monoisotopic (exact) mass is 412 g/mol. The van der Waals surface area contributed by atoms with Gasteiger partial charge in [0.15, 0.2) is 6.61 Å². The van der Waals surface area contributed by atoms with Gasteiger partial charge in [0.05, 0.1) is 6.21 Å². The van der Waals surface area contributed by atoms with Gasteiger partial charge in [-0.1, -0.05) is 0 Å². The van der Waals surface area contributed by atoms with Crippen molar-refractivity contribution in [3.05, 3.63) is 51.6 Å². The van der Waals surface area contributed by atoms with E-state index >= 15 is 0 Å². The molecule has 0 spiro atoms. The van der Waals surface area contributed by atoms with E-state index in [0.717, 1.165) is 3.57 Å². The van der Waals surface area contributed by atoms with Crippen molar-refractivity contribution in [2.24, 2.45) is 5.10 Å². The summed E-state index contributed by atoms with van der Waals surface area (Å²) in [5, 5.41) is 22.4. The third-order valence-corrected chi connectivity index (χ3v) is 3.31. The number of hydrogen-bond acceptors (Lipinski definition) is 5. The Kier molecular flexibility index (Phi) is 5.59. The zero-order valence-corrected chi connectivity index (χ0v) is 13.5. The lowest BCUT2D eigenvalue weighted by Crippen LogP contribution is -2.24. The Hall–Kier alpha value is -2.29. The molecule has 1 amide bonds. The van der Waals surface area contributed by atoms with Crippen molar-refractivity contribution in [3.63, 3.8) is 0 Å². The molecule has 0 heterocycles. The average molecular weight is 412 g/mol. The van der Waals surface area contributed by atoms with E-state index in [2.05, 4.69) is 33.1 Å². The zero-order valence-electron chi connectivity index (χ0n) is 11.4. The highest BCUT2D eigenvalue weighted by Gasteiger charge is 2.02. The van der Waals surface area contributed by atoms with Crippen molar-refractivity contribution in [2.45, 2.75) is 0 Å². The van der Waals surface area contributed by atoms with E-state index in [1.807, 2.05) is 12.1 Å². The van der Waals surface area contributed by atoms with Gasteiger partial charge in [-0.05, 0) is 59.0 Å². The summed E-state index contributed by atoms with van der Waals surface area (Å²) in [6.45, 7) is -0.167. The minimum atomic E-state index is -0.423. The molecule has 0 bridgehead atoms. The molecule has 0 atom stereocenters. The van der Waals surface area contributed by atoms with E-state index < -0.39 is 5.91 Å². The number of amides is 1. The lowest BCUT2D eigenvalue weighted by molar-refractivity contribution is -0.123. The number of carbonyl (C=O) groups excluding carboxylic acids is 1. The Bertz CT molecular complexity index is 686. The van der Waals surface area contributed by atoms with E-state index in [1.165, 1.54) is 24.4 Å². The number of hydrogen-bond donors (Lipinski definition) is 3. The second-order valence-electron chi connectivity index (χ2n) is 4.28. The van der Waals surface area contributed by atoms with Crippen LogP contribution in [0.25, 0.3) is 0 Å². The molecule has 0 aliphatic heterocycles. The molecule has 2 rings (SSSR count). The second-order valence-corrected chi connectivity index (χ2v) is 5.52. The van der Waals surface area contributed by atoms with Crippen LogP contribution in [0.15, 0.2) is 47.6 Å². The number of phenols is 2. The smallest absolute Gasteiger partial charge is 0.277 e. The summed E-state index contributed by atoms with van der Waals surface area (Å²) in [5.74, 6) is -0.0125. The zero-order chi connectivity index (χ0) is 15.9. The first-order valence-corrected chi connectivity index (χ1v) is 7.35. The van der Waals surface area contributed by atoms with Crippen molar-refractivity contribution in [1.29, 1.82) is 0 Å². The maximum absolute atomic E-state index is 11.6. The van der Waals surface area contributed by atoms with Crippen LogP contribution in [-0.2, 0) is 4.79 Å². The van der Waals surface area contributed by atoms with E-state index in [4.69, 9.17) is 9.84 Å². The van der Waals surface area contributed by atoms with E-state index in [1.54, 1.807) is 12.1 Å². The van der Waals surface area contributed by atoms with Crippen molar-refractivity contribution in [3.8, 4) is 17.2 Å². The quantitative estimate of drug-likeness (QED) is 0.399. The fourth-order valence-corrected chi connectivity index (χ4v) is 1.89. The van der Waals surface area contributed by atoms with Gasteiger partial charge in [-0.15, -0.1) is 0 Å². The maximum Gasteiger partial charge on any atom is 0.277 e. The van der Waals surface area contributed by atoms with Crippen molar-refractivity contribution in [2.75, 3.05) is 6.61 Å². The number of carbonyl (C=O) groups is 1. The summed E-state index contributed by atoms with van der Waals surface area (Å²) in [4.78, 5) is 11.6. The van der Waals surface area contributed by atoms with E-state index in [9.17, 15) is 9.90 Å². The standard InChI is InChI=1S/C15H13IN2O4/c16-11-2-5-13(6-3-11)22-9-15(21)18-17-8-10-1-4-12(19)7-14(10)20/h1-8,19-20H,9H2,(H,18,21)/b17-8+. The number of benzene rings is 2. The Morgan fingerprint density at radius 3 is 2.64 bits per heavy atom. The third kappa shape index (κ3) is 4.92. The third-order valence-electron chi connectivity index (χ3n) is 2.59. The predicted octanol–water partition coefficient (Wildman–Crippen LogP) is 2.23. The van der Waals surface area contributed by atoms with E-state index in [0.29, 0.717) is 11.3 Å². The Labute approximate surface area is 140 Å². The molecule has 6 nitrogen and oxygen atoms in total. The Balaban J connectivity index is 1.82. The minimum absolute atomic E-state index is 0.0513. The topological polar surface area (TPSA) is 91.2 Å². The number of aromatic hydroxyl groups is 2. The molecule has 22 heavy (non-hydrogen) atoms. The van der Waals surface area contributed by atoms with Crippen molar-refractivity contribution in [1.82, 2.24) is 5.43 Å². The van der Waals surface area contributed by atoms with Crippen LogP contribution in [0.4, 0.5) is 0 Å². The molecule has 0 radical (unpaired) electrons. The fraction of sp³-hybridized carbons (Fsp3) is 0.0667. The number of hydrazone groups is 1. The minimum Gasteiger partial charge on any atom is -0.508 e. The lowest BCUT2D eigenvalue weighted by Gasteiger charge is -2.05. The number of nitrogens with zero attached hydrogens (tertiary/aromatic N) is 1. The summed E-state index contributed by atoms with van der Waals surface area (Å²) in [5.41, 5.74) is 2.66. The molecule has 2 aromatic carbocycles. The SMILES string of the molecule is O=C(COc1ccc(I)cc1)N/N=C/c1ccc(O)cc1O. The normalized spacial score (nSPS) is 10.6. The number of nitrogens with one attached hydrogen (secondary N) is 1. The summed E-state index contributed by atoms with van der Waals surface area (Å²) >= 11 is 2.18. The first kappa shape index (κ1) is 16.1. The molecule has 2 aromatic rings. The molecule has 0 fully saturated rings. The van der Waals surface area contributed by atoms with Crippen LogP contribution in [0.2, 0.25) is 0 Å². The van der Waals surface area contributed by atoms with Crippen LogP contribution >= 0.6 is 22.6 Å². The summed E-state index contributed by atoms with van der Waals surface area (Å²) < 4.78 is 6.37. The van der Waals surface area contributed by atoms with Crippen molar-refractivity contribution >= 4 is 34.7 Å². The largest absolute Gasteiger partial charge is 0.508 e. The Morgan fingerprint density at radius 1 is 1.23 bits per heavy atom. The first-order chi connectivity index (χ1) is 10.5. The van der Waals surface area contributed by atoms with Gasteiger partial charge in [0.1, 0.15) is 17.2 Å². The summed E-state index contributed by atoms with van der Waals surface area (Å²) in [7, 11) is 0. The van der Waals surface area contributed by atoms with Gasteiger partial charge in [-0.3, -0.25) is 4.79 Å². The van der Waals surface area contributed by atoms with Crippen LogP contribution in [0.1, 0.15) is 5.56 Å². The van der Waals surface area contributed by atoms with Crippen LogP contribution in [0.5, 0.6) is 17.2 Å². The lowest BCUT2D eigenvalue weighted by atomic mass is 10.2. The van der Waals surface area contributed by atoms with Gasteiger partial charge in [0.2, 0.25) is 0 Å². The molecule has 0 aliphatic rings. The van der Waals surface area contributed by atoms with Gasteiger partial charge in [-0.2, -0.15) is 5.10 Å². The fourth-order valence-electron chi connectivity index (χ4n) is 1.53. The molecular formula is C15H13IN2O4. The number of rotatable bonds is 5. The summed E-state index contributed by atoms with van der Waals surface area (Å²) in [6.07, 6.45) is 1.28. The van der Waals surface area contributed by atoms with Gasteiger partial charge >= 0.3 is 0 Å². The molecule has 0 aliphatic carbocycles. The highest BCUT2D eigenvalue weighted by atomic mass is 127. The highest BCUT2D eigenvalue weighted by Crippen LogP contribution is 2.20. The van der Waals surface area contributed by atoms with Gasteiger partial charge < -0.3 is 14.9 Å². The van der Waals surface area contributed by atoms with Crippen LogP contribution in [-0.4, -0.2) is 28.9 Å². The maximum atomic E-state index is 11.6. The summed E-state index contributed by atoms with van der Waals surface area (Å²) in [6, 6.07) is 11.4. The van der Waals surface area contributed by atoms with Crippen LogP contribution in [0.3, 0.4) is 0 Å². The van der Waals surface area contributed by atoms with Crippen molar-refractivity contribution < 1.29 is 19.7 Å². The highest BCUT2D eigenvalue weighted by molar-refractivity contribution is 14.1. The molecule has 0 unspecified atom stereocenters. The average Bonchev–Trinajstić information content (AvgIpc) is 2.49. The molecule has 0 aromatic heterocycles. The van der Waals surface area contributed by atoms with Gasteiger partial charge in [-0.25, -0.2) is 5.43 Å². The Morgan fingerprint density at radius 2 is 1.95 bits per heavy atom. The molecular weight excluding hydrogens is 399 g/mol. The van der Waals surface area contributed by atoms with E-state index in [-0.39, 0.29) is 18.1 Å². The predicted molar refractivity (Wildman–Crippen MR) is 90.2 cm³/mol. The molecule has 114 valence electrons. The van der Waals surface area contributed by atoms with Crippen LogP contribution < -0.4 is 10.2 Å². The molecule has 3 N–H and O–H groups in total. The first-order valence-electron chi connectivity index (χ1n) is 6.27.